The molecular weight excluding hydrogens is 456 g/mol. The first-order chi connectivity index (χ1) is 12.7. The average molecular weight is 487 g/mol. The Morgan fingerprint density at radius 3 is 2.19 bits per heavy atom. The normalized spacial score (nSPS) is 27.1. The van der Waals surface area contributed by atoms with E-state index in [-0.39, 0.29) is 29.8 Å². The van der Waals surface area contributed by atoms with Gasteiger partial charge < -0.3 is 20.4 Å². The molecule has 4 rings (SSSR count). The summed E-state index contributed by atoms with van der Waals surface area (Å²) in [6.45, 7) is 6.06. The van der Waals surface area contributed by atoms with Crippen molar-refractivity contribution >= 4 is 35.6 Å². The quantitative estimate of drug-likeness (QED) is 0.405. The number of hydrogen-bond acceptors (Lipinski definition) is 3. The summed E-state index contributed by atoms with van der Waals surface area (Å²) in [5, 5.41) is 0. The van der Waals surface area contributed by atoms with Gasteiger partial charge in [0.1, 0.15) is 5.82 Å². The molecule has 7 heteroatoms. The molecular formula is C20H31FIN5. The molecule has 3 fully saturated rings. The van der Waals surface area contributed by atoms with Crippen molar-refractivity contribution in [2.75, 3.05) is 44.2 Å². The van der Waals surface area contributed by atoms with E-state index in [9.17, 15) is 4.39 Å². The van der Waals surface area contributed by atoms with Crippen LogP contribution in [0.4, 0.5) is 10.1 Å². The molecule has 0 spiro atoms. The van der Waals surface area contributed by atoms with Crippen molar-refractivity contribution in [2.45, 2.75) is 44.2 Å². The maximum Gasteiger partial charge on any atom is 0.191 e. The van der Waals surface area contributed by atoms with Crippen LogP contribution in [0.25, 0.3) is 0 Å². The van der Waals surface area contributed by atoms with Crippen molar-refractivity contribution in [1.82, 2.24) is 9.80 Å². The SMILES string of the molecule is I.NC(=NC1CC(N2CCCCC2)C1)N1CCN(c2ccc(F)cc2)CC1. The smallest absolute Gasteiger partial charge is 0.191 e. The molecule has 2 N–H and O–H groups in total. The third kappa shape index (κ3) is 5.04. The standard InChI is InChI=1S/C20H30FN5.HI/c21-16-4-6-18(7-5-16)25-10-12-26(13-11-25)20(22)23-17-14-19(15-17)24-8-2-1-3-9-24;/h4-7,17,19H,1-3,8-15H2,(H2,22,23);1H. The summed E-state index contributed by atoms with van der Waals surface area (Å²) in [7, 11) is 0. The van der Waals surface area contributed by atoms with Crippen molar-refractivity contribution in [3.05, 3.63) is 30.1 Å². The summed E-state index contributed by atoms with van der Waals surface area (Å²) in [4.78, 5) is 11.9. The highest BCUT2D eigenvalue weighted by Crippen LogP contribution is 2.30. The number of nitrogens with two attached hydrogens (primary N) is 1. The first kappa shape index (κ1) is 20.6. The van der Waals surface area contributed by atoms with Crippen LogP contribution in [0.2, 0.25) is 0 Å². The van der Waals surface area contributed by atoms with Crippen LogP contribution in [0.1, 0.15) is 32.1 Å². The largest absolute Gasteiger partial charge is 0.370 e. The highest BCUT2D eigenvalue weighted by Gasteiger charge is 2.34. The average Bonchev–Trinajstić information content (AvgIpc) is 2.65. The zero-order valence-corrected chi connectivity index (χ0v) is 18.2. The van der Waals surface area contributed by atoms with Crippen LogP contribution in [0.15, 0.2) is 29.3 Å². The second-order valence-electron chi connectivity index (χ2n) is 7.81. The molecule has 1 aromatic rings. The molecule has 0 unspecified atom stereocenters. The van der Waals surface area contributed by atoms with Crippen LogP contribution in [0.5, 0.6) is 0 Å². The molecule has 3 aliphatic rings. The van der Waals surface area contributed by atoms with Crippen LogP contribution in [0.3, 0.4) is 0 Å². The van der Waals surface area contributed by atoms with Gasteiger partial charge in [-0.25, -0.2) is 9.38 Å². The number of anilines is 1. The molecule has 150 valence electrons. The molecule has 1 aliphatic carbocycles. The monoisotopic (exact) mass is 487 g/mol. The summed E-state index contributed by atoms with van der Waals surface area (Å²) in [5.74, 6) is 0.512. The van der Waals surface area contributed by atoms with E-state index in [2.05, 4.69) is 14.7 Å². The van der Waals surface area contributed by atoms with E-state index in [4.69, 9.17) is 10.7 Å². The minimum atomic E-state index is -0.188. The van der Waals surface area contributed by atoms with E-state index in [1.807, 2.05) is 12.1 Å². The minimum absolute atomic E-state index is 0. The van der Waals surface area contributed by atoms with Crippen molar-refractivity contribution in [1.29, 1.82) is 0 Å². The summed E-state index contributed by atoms with van der Waals surface area (Å²) < 4.78 is 13.1. The first-order valence-electron chi connectivity index (χ1n) is 10.0. The number of piperidine rings is 1. The van der Waals surface area contributed by atoms with Gasteiger partial charge in [0.05, 0.1) is 6.04 Å². The number of halogens is 2. The fourth-order valence-corrected chi connectivity index (χ4v) is 4.36. The van der Waals surface area contributed by atoms with E-state index in [0.29, 0.717) is 12.0 Å². The van der Waals surface area contributed by atoms with Gasteiger partial charge in [0.25, 0.3) is 0 Å². The molecule has 0 radical (unpaired) electrons. The Hall–Kier alpha value is -1.09. The highest BCUT2D eigenvalue weighted by atomic mass is 127. The van der Waals surface area contributed by atoms with Crippen molar-refractivity contribution in [3.63, 3.8) is 0 Å². The van der Waals surface area contributed by atoms with Gasteiger partial charge >= 0.3 is 0 Å². The Morgan fingerprint density at radius 1 is 0.926 bits per heavy atom. The van der Waals surface area contributed by atoms with Crippen molar-refractivity contribution in [2.24, 2.45) is 10.7 Å². The molecule has 0 amide bonds. The number of benzene rings is 1. The third-order valence-electron chi connectivity index (χ3n) is 6.11. The second-order valence-corrected chi connectivity index (χ2v) is 7.81. The molecule has 0 bridgehead atoms. The van der Waals surface area contributed by atoms with Crippen LogP contribution < -0.4 is 10.6 Å². The van der Waals surface area contributed by atoms with Gasteiger partial charge in [-0.1, -0.05) is 6.42 Å². The molecule has 2 heterocycles. The predicted octanol–water partition coefficient (Wildman–Crippen LogP) is 2.90. The maximum atomic E-state index is 13.1. The van der Waals surface area contributed by atoms with E-state index in [1.54, 1.807) is 0 Å². The highest BCUT2D eigenvalue weighted by molar-refractivity contribution is 14.0. The molecule has 2 saturated heterocycles. The molecule has 1 aromatic carbocycles. The Balaban J connectivity index is 0.00000210. The predicted molar refractivity (Wildman–Crippen MR) is 119 cm³/mol. The summed E-state index contributed by atoms with van der Waals surface area (Å²) in [6, 6.07) is 7.86. The molecule has 0 atom stereocenters. The number of nitrogens with zero attached hydrogens (tertiary/aromatic N) is 4. The van der Waals surface area contributed by atoms with Crippen LogP contribution >= 0.6 is 24.0 Å². The number of hydrogen-bond donors (Lipinski definition) is 1. The number of piperazine rings is 1. The van der Waals surface area contributed by atoms with E-state index in [1.165, 1.54) is 44.5 Å². The zero-order chi connectivity index (χ0) is 17.9. The first-order valence-corrected chi connectivity index (χ1v) is 10.0. The Morgan fingerprint density at radius 2 is 1.56 bits per heavy atom. The molecule has 0 aromatic heterocycles. The summed E-state index contributed by atoms with van der Waals surface area (Å²) in [5.41, 5.74) is 7.35. The Kier molecular flexibility index (Phi) is 7.19. The zero-order valence-electron chi connectivity index (χ0n) is 15.9. The molecule has 2 aliphatic heterocycles. The Bertz CT molecular complexity index is 618. The van der Waals surface area contributed by atoms with Crippen LogP contribution in [-0.2, 0) is 0 Å². The summed E-state index contributed by atoms with van der Waals surface area (Å²) in [6.07, 6.45) is 6.42. The van der Waals surface area contributed by atoms with Gasteiger partial charge in [-0.05, 0) is 63.0 Å². The minimum Gasteiger partial charge on any atom is -0.370 e. The van der Waals surface area contributed by atoms with E-state index >= 15 is 0 Å². The van der Waals surface area contributed by atoms with Crippen LogP contribution in [0, 0.1) is 5.82 Å². The topological polar surface area (TPSA) is 48.1 Å². The van der Waals surface area contributed by atoms with Gasteiger partial charge in [0, 0.05) is 37.9 Å². The molecule has 5 nitrogen and oxygen atoms in total. The number of rotatable bonds is 3. The fourth-order valence-electron chi connectivity index (χ4n) is 4.36. The lowest BCUT2D eigenvalue weighted by Crippen LogP contribution is -2.53. The summed E-state index contributed by atoms with van der Waals surface area (Å²) >= 11 is 0. The fraction of sp³-hybridized carbons (Fsp3) is 0.650. The lowest BCUT2D eigenvalue weighted by Gasteiger charge is -2.43. The lowest BCUT2D eigenvalue weighted by molar-refractivity contribution is 0.0908. The van der Waals surface area contributed by atoms with Gasteiger partial charge in [0.2, 0.25) is 0 Å². The van der Waals surface area contributed by atoms with Crippen molar-refractivity contribution in [3.8, 4) is 0 Å². The maximum absolute atomic E-state index is 13.1. The third-order valence-corrected chi connectivity index (χ3v) is 6.11. The van der Waals surface area contributed by atoms with Gasteiger partial charge in [-0.15, -0.1) is 24.0 Å². The number of guanidine groups is 1. The second kappa shape index (κ2) is 9.41. The van der Waals surface area contributed by atoms with E-state index in [0.717, 1.165) is 50.7 Å². The number of likely N-dealkylation sites (tertiary alicyclic amines) is 1. The van der Waals surface area contributed by atoms with Crippen LogP contribution in [-0.4, -0.2) is 67.1 Å². The van der Waals surface area contributed by atoms with Gasteiger partial charge in [-0.2, -0.15) is 0 Å². The molecule has 27 heavy (non-hydrogen) atoms. The van der Waals surface area contributed by atoms with Gasteiger partial charge in [-0.3, -0.25) is 0 Å². The Labute approximate surface area is 178 Å². The van der Waals surface area contributed by atoms with E-state index < -0.39 is 0 Å². The van der Waals surface area contributed by atoms with Gasteiger partial charge in [0.15, 0.2) is 5.96 Å². The molecule has 1 saturated carbocycles. The number of aliphatic imine (C=N–C) groups is 1. The van der Waals surface area contributed by atoms with Crippen molar-refractivity contribution < 1.29 is 4.39 Å². The lowest BCUT2D eigenvalue weighted by atomic mass is 9.85.